The summed E-state index contributed by atoms with van der Waals surface area (Å²) in [6, 6.07) is 2.28. The Labute approximate surface area is 159 Å². The average Bonchev–Trinajstić information content (AvgIpc) is 2.64. The summed E-state index contributed by atoms with van der Waals surface area (Å²) in [6.07, 6.45) is 0. The summed E-state index contributed by atoms with van der Waals surface area (Å²) in [5.41, 5.74) is 2.61. The topological polar surface area (TPSA) is 44.6 Å². The van der Waals surface area contributed by atoms with E-state index in [0.717, 1.165) is 59.2 Å². The molecule has 0 amide bonds. The SMILES string of the molecule is Cc1cc2c3c(nc(=O)n2I)N2CCN(C)CC2CN(C)c3c1Cl. The van der Waals surface area contributed by atoms with E-state index in [1.807, 2.05) is 35.9 Å². The monoisotopic (exact) mass is 459 g/mol. The molecule has 0 saturated carbocycles. The highest BCUT2D eigenvalue weighted by atomic mass is 127. The molecule has 0 radical (unpaired) electrons. The first-order valence-corrected chi connectivity index (χ1v) is 9.31. The minimum absolute atomic E-state index is 0.229. The van der Waals surface area contributed by atoms with Crippen LogP contribution < -0.4 is 15.5 Å². The van der Waals surface area contributed by atoms with Gasteiger partial charge in [-0.1, -0.05) is 11.6 Å². The minimum Gasteiger partial charge on any atom is -0.371 e. The molecule has 1 fully saturated rings. The van der Waals surface area contributed by atoms with Crippen LogP contribution in [0.5, 0.6) is 0 Å². The fourth-order valence-corrected chi connectivity index (χ4v) is 4.63. The van der Waals surface area contributed by atoms with E-state index in [9.17, 15) is 4.79 Å². The highest BCUT2D eigenvalue weighted by molar-refractivity contribution is 14.1. The third kappa shape index (κ3) is 2.32. The number of aromatic nitrogens is 2. The second-order valence-corrected chi connectivity index (χ2v) is 8.08. The van der Waals surface area contributed by atoms with E-state index in [1.54, 1.807) is 2.78 Å². The molecule has 6 nitrogen and oxygen atoms in total. The fourth-order valence-electron chi connectivity index (χ4n) is 3.85. The Kier molecular flexibility index (Phi) is 3.92. The summed E-state index contributed by atoms with van der Waals surface area (Å²) in [7, 11) is 4.21. The molecule has 2 aliphatic rings. The number of piperazine rings is 1. The van der Waals surface area contributed by atoms with Crippen molar-refractivity contribution in [1.82, 2.24) is 12.7 Å². The maximum atomic E-state index is 12.4. The Morgan fingerprint density at radius 1 is 1.29 bits per heavy atom. The molecule has 3 heterocycles. The Hall–Kier alpha value is -1.06. The third-order valence-electron chi connectivity index (χ3n) is 5.03. The molecule has 128 valence electrons. The van der Waals surface area contributed by atoms with Gasteiger partial charge in [0, 0.05) is 33.2 Å². The number of aryl methyl sites for hydroxylation is 1. The maximum Gasteiger partial charge on any atom is 0.359 e. The van der Waals surface area contributed by atoms with E-state index in [1.165, 1.54) is 0 Å². The van der Waals surface area contributed by atoms with Crippen LogP contribution in [0.1, 0.15) is 5.56 Å². The van der Waals surface area contributed by atoms with Gasteiger partial charge >= 0.3 is 5.69 Å². The van der Waals surface area contributed by atoms with Gasteiger partial charge < -0.3 is 14.7 Å². The summed E-state index contributed by atoms with van der Waals surface area (Å²) in [5, 5.41) is 1.73. The van der Waals surface area contributed by atoms with Crippen LogP contribution in [-0.4, -0.2) is 59.0 Å². The lowest BCUT2D eigenvalue weighted by Gasteiger charge is -2.40. The lowest BCUT2D eigenvalue weighted by molar-refractivity contribution is 0.269. The van der Waals surface area contributed by atoms with Gasteiger partial charge in [0.05, 0.1) is 50.5 Å². The zero-order chi connectivity index (χ0) is 17.2. The van der Waals surface area contributed by atoms with E-state index in [0.29, 0.717) is 0 Å². The van der Waals surface area contributed by atoms with Crippen LogP contribution in [-0.2, 0) is 0 Å². The van der Waals surface area contributed by atoms with Crippen molar-refractivity contribution in [2.75, 3.05) is 50.1 Å². The van der Waals surface area contributed by atoms with Crippen molar-refractivity contribution in [2.24, 2.45) is 0 Å². The number of benzene rings is 1. The summed E-state index contributed by atoms with van der Waals surface area (Å²) >= 11 is 8.70. The zero-order valence-electron chi connectivity index (χ0n) is 13.9. The maximum absolute atomic E-state index is 12.4. The lowest BCUT2D eigenvalue weighted by Crippen LogP contribution is -2.55. The van der Waals surface area contributed by atoms with E-state index in [-0.39, 0.29) is 11.7 Å². The second-order valence-electron chi connectivity index (χ2n) is 6.74. The van der Waals surface area contributed by atoms with Gasteiger partial charge in [-0.2, -0.15) is 4.98 Å². The molecule has 0 aliphatic carbocycles. The van der Waals surface area contributed by atoms with Crippen LogP contribution >= 0.6 is 34.5 Å². The molecular weight excluding hydrogens is 441 g/mol. The molecule has 1 aromatic heterocycles. The van der Waals surface area contributed by atoms with Crippen molar-refractivity contribution in [3.05, 3.63) is 27.1 Å². The predicted molar refractivity (Wildman–Crippen MR) is 107 cm³/mol. The Morgan fingerprint density at radius 3 is 2.79 bits per heavy atom. The minimum atomic E-state index is -0.229. The lowest BCUT2D eigenvalue weighted by atomic mass is 10.1. The Bertz CT molecular complexity index is 898. The summed E-state index contributed by atoms with van der Waals surface area (Å²) in [6.45, 7) is 5.62. The molecule has 4 rings (SSSR count). The van der Waals surface area contributed by atoms with Crippen molar-refractivity contribution < 1.29 is 0 Å². The number of anilines is 2. The van der Waals surface area contributed by atoms with Gasteiger partial charge in [0.1, 0.15) is 5.82 Å². The summed E-state index contributed by atoms with van der Waals surface area (Å²) in [4.78, 5) is 23.7. The van der Waals surface area contributed by atoms with Gasteiger partial charge in [-0.05, 0) is 25.6 Å². The number of hydrogen-bond donors (Lipinski definition) is 0. The molecule has 24 heavy (non-hydrogen) atoms. The number of hydrogen-bond acceptors (Lipinski definition) is 5. The van der Waals surface area contributed by atoms with Crippen molar-refractivity contribution in [3.8, 4) is 0 Å². The number of rotatable bonds is 0. The van der Waals surface area contributed by atoms with Crippen LogP contribution in [0, 0.1) is 6.92 Å². The molecule has 0 spiro atoms. The smallest absolute Gasteiger partial charge is 0.359 e. The first-order chi connectivity index (χ1) is 11.4. The van der Waals surface area contributed by atoms with Gasteiger partial charge in [-0.15, -0.1) is 0 Å². The van der Waals surface area contributed by atoms with Crippen LogP contribution in [0.2, 0.25) is 5.02 Å². The van der Waals surface area contributed by atoms with Gasteiger partial charge in [-0.25, -0.2) is 7.58 Å². The van der Waals surface area contributed by atoms with Gasteiger partial charge in [0.25, 0.3) is 0 Å². The van der Waals surface area contributed by atoms with Gasteiger partial charge in [-0.3, -0.25) is 0 Å². The standard InChI is InChI=1S/C16H19ClIN5O/c1-9-6-11-12-14(13(9)17)21(3)8-10-7-20(2)4-5-22(10)15(12)19-16(24)23(11)18/h6,10H,4-5,7-8H2,1-3H3. The van der Waals surface area contributed by atoms with Crippen LogP contribution in [0.4, 0.5) is 11.5 Å². The molecule has 1 saturated heterocycles. The van der Waals surface area contributed by atoms with Crippen molar-refractivity contribution in [2.45, 2.75) is 13.0 Å². The first kappa shape index (κ1) is 16.4. The van der Waals surface area contributed by atoms with Crippen LogP contribution in [0.3, 0.4) is 0 Å². The van der Waals surface area contributed by atoms with Crippen molar-refractivity contribution in [1.29, 1.82) is 0 Å². The largest absolute Gasteiger partial charge is 0.371 e. The highest BCUT2D eigenvalue weighted by Crippen LogP contribution is 2.43. The molecule has 8 heteroatoms. The number of halogens is 2. The summed E-state index contributed by atoms with van der Waals surface area (Å²) in [5.74, 6) is 0.780. The zero-order valence-corrected chi connectivity index (χ0v) is 16.8. The molecule has 0 N–H and O–H groups in total. The van der Waals surface area contributed by atoms with Crippen molar-refractivity contribution in [3.63, 3.8) is 0 Å². The normalized spacial score (nSPS) is 21.1. The van der Waals surface area contributed by atoms with Gasteiger partial charge in [0.2, 0.25) is 0 Å². The van der Waals surface area contributed by atoms with E-state index in [2.05, 4.69) is 33.8 Å². The second kappa shape index (κ2) is 5.74. The molecule has 2 aliphatic heterocycles. The van der Waals surface area contributed by atoms with Gasteiger partial charge in [0.15, 0.2) is 0 Å². The van der Waals surface area contributed by atoms with E-state index in [4.69, 9.17) is 11.6 Å². The predicted octanol–water partition coefficient (Wildman–Crippen LogP) is 2.13. The number of likely N-dealkylation sites (N-methyl/N-ethyl adjacent to an activating group) is 2. The molecule has 1 aromatic carbocycles. The van der Waals surface area contributed by atoms with Crippen LogP contribution in [0.15, 0.2) is 10.9 Å². The molecule has 1 atom stereocenters. The fraction of sp³-hybridized carbons (Fsp3) is 0.500. The molecule has 1 unspecified atom stereocenters. The Balaban J connectivity index is 2.10. The first-order valence-electron chi connectivity index (χ1n) is 7.97. The number of nitrogens with zero attached hydrogens (tertiary/aromatic N) is 5. The van der Waals surface area contributed by atoms with Crippen molar-refractivity contribution >= 4 is 56.9 Å². The van der Waals surface area contributed by atoms with E-state index >= 15 is 0 Å². The molecule has 2 aromatic rings. The highest BCUT2D eigenvalue weighted by Gasteiger charge is 2.34. The summed E-state index contributed by atoms with van der Waals surface area (Å²) < 4.78 is 1.59. The quantitative estimate of drug-likeness (QED) is 0.565. The average molecular weight is 460 g/mol. The van der Waals surface area contributed by atoms with Crippen LogP contribution in [0.25, 0.3) is 10.9 Å². The molecular formula is C16H19ClIN5O. The number of fused-ring (bicyclic) bond motifs is 2. The molecule has 0 bridgehead atoms. The third-order valence-corrected chi connectivity index (χ3v) is 6.44. The Morgan fingerprint density at radius 2 is 2.04 bits per heavy atom. The van der Waals surface area contributed by atoms with E-state index < -0.39 is 0 Å².